The molecule has 2 aliphatic rings. The molecule has 1 aromatic heterocycles. The lowest BCUT2D eigenvalue weighted by molar-refractivity contribution is 0.100. The van der Waals surface area contributed by atoms with E-state index in [4.69, 9.17) is 5.73 Å². The van der Waals surface area contributed by atoms with Crippen LogP contribution in [0.15, 0.2) is 29.4 Å². The molecule has 0 spiro atoms. The second kappa shape index (κ2) is 7.07. The first-order valence-electron chi connectivity index (χ1n) is 8.94. The number of anilines is 1. The van der Waals surface area contributed by atoms with Crippen LogP contribution in [0.5, 0.6) is 0 Å². The van der Waals surface area contributed by atoms with Crippen molar-refractivity contribution in [2.24, 2.45) is 5.73 Å². The lowest BCUT2D eigenvalue weighted by Crippen LogP contribution is -2.31. The van der Waals surface area contributed by atoms with Gasteiger partial charge in [-0.2, -0.15) is 0 Å². The maximum Gasteiger partial charge on any atom is 0.248 e. The van der Waals surface area contributed by atoms with E-state index >= 15 is 0 Å². The van der Waals surface area contributed by atoms with Gasteiger partial charge in [-0.25, -0.2) is 0 Å². The van der Waals surface area contributed by atoms with E-state index in [0.717, 1.165) is 35.5 Å². The number of rotatable bonds is 6. The lowest BCUT2D eigenvalue weighted by atomic mass is 10.1. The summed E-state index contributed by atoms with van der Waals surface area (Å²) in [6, 6.07) is 8.03. The second-order valence-corrected chi connectivity index (χ2v) is 7.72. The van der Waals surface area contributed by atoms with Gasteiger partial charge in [0.05, 0.1) is 0 Å². The van der Waals surface area contributed by atoms with Crippen molar-refractivity contribution < 1.29 is 4.79 Å². The zero-order chi connectivity index (χ0) is 17.2. The highest BCUT2D eigenvalue weighted by atomic mass is 32.2. The summed E-state index contributed by atoms with van der Waals surface area (Å²) in [5, 5.41) is 9.98. The van der Waals surface area contributed by atoms with Crippen LogP contribution in [0.3, 0.4) is 0 Å². The summed E-state index contributed by atoms with van der Waals surface area (Å²) in [6.07, 6.45) is 6.24. The van der Waals surface area contributed by atoms with Gasteiger partial charge in [0.15, 0.2) is 5.16 Å². The second-order valence-electron chi connectivity index (χ2n) is 6.78. The number of hydrogen-bond donors (Lipinski definition) is 1. The average Bonchev–Trinajstić information content (AvgIpc) is 3.40. The van der Waals surface area contributed by atoms with Crippen molar-refractivity contribution in [3.05, 3.63) is 35.4 Å². The number of thioether (sulfide) groups is 1. The van der Waals surface area contributed by atoms with Gasteiger partial charge in [0.2, 0.25) is 11.9 Å². The minimum Gasteiger partial charge on any atom is -0.366 e. The third kappa shape index (κ3) is 3.66. The number of hydrogen-bond acceptors (Lipinski definition) is 5. The Kier molecular flexibility index (Phi) is 4.65. The molecule has 4 rings (SSSR count). The fourth-order valence-electron chi connectivity index (χ4n) is 3.24. The summed E-state index contributed by atoms with van der Waals surface area (Å²) in [7, 11) is 0. The summed E-state index contributed by atoms with van der Waals surface area (Å²) >= 11 is 1.71. The largest absolute Gasteiger partial charge is 0.366 e. The molecule has 1 saturated heterocycles. The van der Waals surface area contributed by atoms with Crippen molar-refractivity contribution in [3.63, 3.8) is 0 Å². The van der Waals surface area contributed by atoms with Gasteiger partial charge in [0.1, 0.15) is 0 Å². The Labute approximate surface area is 151 Å². The van der Waals surface area contributed by atoms with Gasteiger partial charge < -0.3 is 10.6 Å². The molecule has 6 nitrogen and oxygen atoms in total. The minimum atomic E-state index is -0.390. The quantitative estimate of drug-likeness (QED) is 0.804. The monoisotopic (exact) mass is 357 g/mol. The Morgan fingerprint density at radius 1 is 1.12 bits per heavy atom. The molecule has 25 heavy (non-hydrogen) atoms. The number of carbonyl (C=O) groups is 1. The Morgan fingerprint density at radius 2 is 1.84 bits per heavy atom. The summed E-state index contributed by atoms with van der Waals surface area (Å²) in [4.78, 5) is 13.6. The van der Waals surface area contributed by atoms with Crippen molar-refractivity contribution in [3.8, 4) is 0 Å². The number of aromatic nitrogens is 3. The zero-order valence-corrected chi connectivity index (χ0v) is 15.0. The molecule has 0 radical (unpaired) electrons. The molecule has 1 saturated carbocycles. The molecule has 0 unspecified atom stereocenters. The summed E-state index contributed by atoms with van der Waals surface area (Å²) in [5.74, 6) is 1.47. The molecule has 2 N–H and O–H groups in total. The fourth-order valence-corrected chi connectivity index (χ4v) is 4.20. The number of amides is 1. The lowest BCUT2D eigenvalue weighted by Gasteiger charge is -2.27. The van der Waals surface area contributed by atoms with Crippen LogP contribution in [0.4, 0.5) is 5.95 Å². The number of benzene rings is 1. The topological polar surface area (TPSA) is 77.0 Å². The van der Waals surface area contributed by atoms with Gasteiger partial charge >= 0.3 is 0 Å². The van der Waals surface area contributed by atoms with E-state index in [1.807, 2.05) is 12.1 Å². The van der Waals surface area contributed by atoms with Crippen LogP contribution >= 0.6 is 11.8 Å². The molecule has 2 aromatic rings. The number of piperidine rings is 1. The van der Waals surface area contributed by atoms with Crippen molar-refractivity contribution in [1.29, 1.82) is 0 Å². The van der Waals surface area contributed by atoms with Crippen molar-refractivity contribution in [2.45, 2.75) is 49.1 Å². The highest BCUT2D eigenvalue weighted by Gasteiger charge is 2.31. The van der Waals surface area contributed by atoms with Crippen molar-refractivity contribution in [1.82, 2.24) is 14.8 Å². The van der Waals surface area contributed by atoms with Crippen LogP contribution in [0, 0.1) is 0 Å². The van der Waals surface area contributed by atoms with E-state index in [0.29, 0.717) is 11.6 Å². The van der Waals surface area contributed by atoms with Crippen LogP contribution in [-0.4, -0.2) is 33.8 Å². The Bertz CT molecular complexity index is 747. The highest BCUT2D eigenvalue weighted by molar-refractivity contribution is 7.98. The minimum absolute atomic E-state index is 0.390. The SMILES string of the molecule is NC(=O)c1ccc(CSc2nnc(N3CCCCC3)n2C2CC2)cc1. The van der Waals surface area contributed by atoms with Crippen molar-refractivity contribution >= 4 is 23.6 Å². The molecule has 1 aromatic carbocycles. The molecule has 1 amide bonds. The maximum atomic E-state index is 11.2. The van der Waals surface area contributed by atoms with Gasteiger partial charge in [-0.3, -0.25) is 9.36 Å². The molecular weight excluding hydrogens is 334 g/mol. The van der Waals surface area contributed by atoms with E-state index in [1.54, 1.807) is 23.9 Å². The first-order valence-corrected chi connectivity index (χ1v) is 9.92. The summed E-state index contributed by atoms with van der Waals surface area (Å²) in [5.41, 5.74) is 6.99. The molecule has 2 heterocycles. The molecule has 1 aliphatic heterocycles. The predicted octanol–water partition coefficient (Wildman–Crippen LogP) is 2.99. The summed E-state index contributed by atoms with van der Waals surface area (Å²) in [6.45, 7) is 2.17. The first kappa shape index (κ1) is 16.4. The normalized spacial score (nSPS) is 17.7. The van der Waals surface area contributed by atoms with Gasteiger partial charge in [-0.1, -0.05) is 23.9 Å². The number of primary amides is 1. The van der Waals surface area contributed by atoms with E-state index in [1.165, 1.54) is 32.1 Å². The molecular formula is C18H23N5OS. The van der Waals surface area contributed by atoms with Crippen LogP contribution < -0.4 is 10.6 Å². The smallest absolute Gasteiger partial charge is 0.248 e. The van der Waals surface area contributed by atoms with E-state index in [9.17, 15) is 4.79 Å². The van der Waals surface area contributed by atoms with Gasteiger partial charge in [0.25, 0.3) is 0 Å². The van der Waals surface area contributed by atoms with E-state index in [2.05, 4.69) is 19.7 Å². The number of carbonyl (C=O) groups excluding carboxylic acids is 1. The van der Waals surface area contributed by atoms with E-state index in [-0.39, 0.29) is 5.91 Å². The van der Waals surface area contributed by atoms with Gasteiger partial charge in [-0.15, -0.1) is 10.2 Å². The van der Waals surface area contributed by atoms with Crippen molar-refractivity contribution in [2.75, 3.05) is 18.0 Å². The van der Waals surface area contributed by atoms with Crippen LogP contribution in [0.1, 0.15) is 54.1 Å². The Hall–Kier alpha value is -2.02. The van der Waals surface area contributed by atoms with Crippen LogP contribution in [0.2, 0.25) is 0 Å². The molecule has 0 bridgehead atoms. The van der Waals surface area contributed by atoms with Crippen LogP contribution in [-0.2, 0) is 5.75 Å². The Balaban J connectivity index is 1.48. The molecule has 1 aliphatic carbocycles. The molecule has 132 valence electrons. The van der Waals surface area contributed by atoms with Gasteiger partial charge in [-0.05, 0) is 49.8 Å². The number of nitrogens with two attached hydrogens (primary N) is 1. The summed E-state index contributed by atoms with van der Waals surface area (Å²) < 4.78 is 2.34. The molecule has 2 fully saturated rings. The Morgan fingerprint density at radius 3 is 2.48 bits per heavy atom. The number of nitrogens with zero attached hydrogens (tertiary/aromatic N) is 4. The fraction of sp³-hybridized carbons (Fsp3) is 0.500. The van der Waals surface area contributed by atoms with Gasteiger partial charge in [0, 0.05) is 30.4 Å². The zero-order valence-electron chi connectivity index (χ0n) is 14.2. The maximum absolute atomic E-state index is 11.2. The van der Waals surface area contributed by atoms with E-state index < -0.39 is 0 Å². The molecule has 0 atom stereocenters. The predicted molar refractivity (Wildman–Crippen MR) is 98.9 cm³/mol. The van der Waals surface area contributed by atoms with Crippen LogP contribution in [0.25, 0.3) is 0 Å². The molecule has 7 heteroatoms. The third-order valence-corrected chi connectivity index (χ3v) is 5.82. The standard InChI is InChI=1S/C18H23N5OS/c19-16(24)14-6-4-13(5-7-14)12-25-18-21-20-17(23(18)15-8-9-15)22-10-2-1-3-11-22/h4-7,15H,1-3,8-12H2,(H2,19,24). The average molecular weight is 357 g/mol. The highest BCUT2D eigenvalue weighted by Crippen LogP contribution is 2.41. The third-order valence-electron chi connectivity index (χ3n) is 4.80. The first-order chi connectivity index (χ1) is 12.2.